The van der Waals surface area contributed by atoms with Crippen molar-refractivity contribution in [1.82, 2.24) is 9.29 Å². The van der Waals surface area contributed by atoms with Gasteiger partial charge in [0.25, 0.3) is 0 Å². The summed E-state index contributed by atoms with van der Waals surface area (Å²) in [7, 11) is -4.37. The Kier molecular flexibility index (Phi) is 4.95. The first-order valence-corrected chi connectivity index (χ1v) is 7.04. The quantitative estimate of drug-likeness (QED) is 0.632. The summed E-state index contributed by atoms with van der Waals surface area (Å²) in [6.45, 7) is 1.14. The van der Waals surface area contributed by atoms with Crippen LogP contribution in [-0.2, 0) is 10.0 Å². The summed E-state index contributed by atoms with van der Waals surface area (Å²) in [5.41, 5.74) is 2.06. The van der Waals surface area contributed by atoms with E-state index in [1.165, 1.54) is 26.1 Å². The summed E-state index contributed by atoms with van der Waals surface area (Å²) in [4.78, 5) is 3.28. The highest BCUT2D eigenvalue weighted by Gasteiger charge is 2.39. The summed E-state index contributed by atoms with van der Waals surface area (Å²) < 4.78 is 62.6. The third kappa shape index (κ3) is 3.81. The Labute approximate surface area is 114 Å². The fraction of sp³-hybridized carbons (Fsp3) is 0.500. The molecule has 0 aliphatic carbocycles. The van der Waals surface area contributed by atoms with Crippen LogP contribution in [0.1, 0.15) is 13.8 Å². The van der Waals surface area contributed by atoms with E-state index in [9.17, 15) is 21.6 Å². The molecule has 0 fully saturated rings. The number of anilines is 1. The van der Waals surface area contributed by atoms with Crippen molar-refractivity contribution in [1.29, 1.82) is 0 Å². The SMILES string of the molecule is CC(C)N(CC(F)(F)F)S(=O)(=O)c1cccnc1NN. The normalized spacial score (nSPS) is 13.0. The Morgan fingerprint density at radius 2 is 2.05 bits per heavy atom. The number of pyridine rings is 1. The monoisotopic (exact) mass is 312 g/mol. The molecule has 3 N–H and O–H groups in total. The molecule has 1 rings (SSSR count). The molecule has 6 nitrogen and oxygen atoms in total. The zero-order chi connectivity index (χ0) is 15.6. The van der Waals surface area contributed by atoms with Crippen molar-refractivity contribution in [3.05, 3.63) is 18.3 Å². The number of halogens is 3. The van der Waals surface area contributed by atoms with E-state index < -0.39 is 33.7 Å². The van der Waals surface area contributed by atoms with E-state index >= 15 is 0 Å². The summed E-state index contributed by atoms with van der Waals surface area (Å²) in [6.07, 6.45) is -3.37. The standard InChI is InChI=1S/C10H15F3N4O2S/c1-7(2)17(6-10(11,12)13)20(18,19)8-4-3-5-15-9(8)16-14/h3-5,7H,6,14H2,1-2H3,(H,15,16). The lowest BCUT2D eigenvalue weighted by atomic mass is 10.4. The maximum Gasteiger partial charge on any atom is 0.402 e. The molecule has 20 heavy (non-hydrogen) atoms. The zero-order valence-corrected chi connectivity index (χ0v) is 11.7. The summed E-state index contributed by atoms with van der Waals surface area (Å²) >= 11 is 0. The molecule has 0 atom stereocenters. The average molecular weight is 312 g/mol. The molecule has 0 aromatic carbocycles. The van der Waals surface area contributed by atoms with Crippen LogP contribution in [0.3, 0.4) is 0 Å². The van der Waals surface area contributed by atoms with Gasteiger partial charge in [0.2, 0.25) is 10.0 Å². The number of hydrogen-bond donors (Lipinski definition) is 2. The maximum atomic E-state index is 12.5. The first-order valence-electron chi connectivity index (χ1n) is 5.60. The van der Waals surface area contributed by atoms with Gasteiger partial charge in [0.15, 0.2) is 5.82 Å². The minimum atomic E-state index is -4.64. The maximum absolute atomic E-state index is 12.5. The predicted molar refractivity (Wildman–Crippen MR) is 67.1 cm³/mol. The zero-order valence-electron chi connectivity index (χ0n) is 10.8. The van der Waals surface area contributed by atoms with Crippen LogP contribution in [-0.4, -0.2) is 36.5 Å². The van der Waals surface area contributed by atoms with Gasteiger partial charge in [-0.05, 0) is 26.0 Å². The highest BCUT2D eigenvalue weighted by molar-refractivity contribution is 7.89. The number of nitrogens with one attached hydrogen (secondary N) is 1. The molecule has 0 unspecified atom stereocenters. The third-order valence-electron chi connectivity index (χ3n) is 2.41. The molecule has 0 amide bonds. The van der Waals surface area contributed by atoms with E-state index in [2.05, 4.69) is 10.4 Å². The van der Waals surface area contributed by atoms with Gasteiger partial charge >= 0.3 is 6.18 Å². The van der Waals surface area contributed by atoms with Crippen molar-refractivity contribution in [2.24, 2.45) is 5.84 Å². The van der Waals surface area contributed by atoms with Crippen LogP contribution in [0, 0.1) is 0 Å². The molecule has 1 heterocycles. The lowest BCUT2D eigenvalue weighted by Crippen LogP contribution is -2.43. The molecule has 0 radical (unpaired) electrons. The second kappa shape index (κ2) is 5.94. The molecule has 0 aliphatic rings. The van der Waals surface area contributed by atoms with E-state index in [1.807, 2.05) is 0 Å². The molecule has 1 aromatic heterocycles. The molecule has 10 heteroatoms. The number of nitrogen functional groups attached to an aromatic ring is 1. The molecule has 0 saturated heterocycles. The highest BCUT2D eigenvalue weighted by Crippen LogP contribution is 2.27. The van der Waals surface area contributed by atoms with E-state index in [4.69, 9.17) is 5.84 Å². The number of hydrogen-bond acceptors (Lipinski definition) is 5. The minimum Gasteiger partial charge on any atom is -0.307 e. The van der Waals surface area contributed by atoms with Crippen LogP contribution >= 0.6 is 0 Å². The average Bonchev–Trinajstić information content (AvgIpc) is 2.34. The Balaban J connectivity index is 3.30. The number of nitrogens with zero attached hydrogens (tertiary/aromatic N) is 2. The minimum absolute atomic E-state index is 0.208. The predicted octanol–water partition coefficient (Wildman–Crippen LogP) is 1.33. The molecular weight excluding hydrogens is 297 g/mol. The van der Waals surface area contributed by atoms with Crippen LogP contribution in [0.25, 0.3) is 0 Å². The Hall–Kier alpha value is -1.39. The van der Waals surface area contributed by atoms with Crippen molar-refractivity contribution < 1.29 is 21.6 Å². The van der Waals surface area contributed by atoms with Crippen LogP contribution < -0.4 is 11.3 Å². The smallest absolute Gasteiger partial charge is 0.307 e. The van der Waals surface area contributed by atoms with Crippen LogP contribution in [0.2, 0.25) is 0 Å². The van der Waals surface area contributed by atoms with Gasteiger partial charge in [-0.3, -0.25) is 0 Å². The van der Waals surface area contributed by atoms with E-state index in [0.717, 1.165) is 6.07 Å². The molecule has 1 aromatic rings. The van der Waals surface area contributed by atoms with Gasteiger partial charge in [0, 0.05) is 12.2 Å². The van der Waals surface area contributed by atoms with Gasteiger partial charge in [-0.15, -0.1) is 0 Å². The fourth-order valence-electron chi connectivity index (χ4n) is 1.56. The molecule has 0 spiro atoms. The summed E-state index contributed by atoms with van der Waals surface area (Å²) in [5.74, 6) is 4.93. The van der Waals surface area contributed by atoms with Crippen LogP contribution in [0.4, 0.5) is 19.0 Å². The van der Waals surface area contributed by atoms with Gasteiger partial charge in [-0.25, -0.2) is 19.2 Å². The summed E-state index contributed by atoms with van der Waals surface area (Å²) in [5, 5.41) is 0. The van der Waals surface area contributed by atoms with Crippen LogP contribution in [0.5, 0.6) is 0 Å². The molecule has 0 saturated carbocycles. The molecule has 0 aliphatic heterocycles. The van der Waals surface area contributed by atoms with Gasteiger partial charge in [-0.2, -0.15) is 17.5 Å². The Morgan fingerprint density at radius 1 is 1.45 bits per heavy atom. The van der Waals surface area contributed by atoms with Crippen molar-refractivity contribution in [3.8, 4) is 0 Å². The second-order valence-corrected chi connectivity index (χ2v) is 6.11. The first kappa shape index (κ1) is 16.7. The second-order valence-electron chi connectivity index (χ2n) is 4.25. The topological polar surface area (TPSA) is 88.3 Å². The number of sulfonamides is 1. The Bertz CT molecular complexity index is 560. The molecular formula is C10H15F3N4O2S. The Morgan fingerprint density at radius 3 is 2.50 bits per heavy atom. The number of alkyl halides is 3. The van der Waals surface area contributed by atoms with E-state index in [0.29, 0.717) is 4.31 Å². The van der Waals surface area contributed by atoms with E-state index in [-0.39, 0.29) is 5.82 Å². The van der Waals surface area contributed by atoms with Crippen LogP contribution in [0.15, 0.2) is 23.2 Å². The van der Waals surface area contributed by atoms with Crippen molar-refractivity contribution in [2.75, 3.05) is 12.0 Å². The number of aromatic nitrogens is 1. The van der Waals surface area contributed by atoms with Gasteiger partial charge in [-0.1, -0.05) is 0 Å². The molecule has 0 bridgehead atoms. The lowest BCUT2D eigenvalue weighted by molar-refractivity contribution is -0.138. The lowest BCUT2D eigenvalue weighted by Gasteiger charge is -2.27. The fourth-order valence-corrected chi connectivity index (χ4v) is 3.29. The van der Waals surface area contributed by atoms with Crippen molar-refractivity contribution in [3.63, 3.8) is 0 Å². The summed E-state index contributed by atoms with van der Waals surface area (Å²) in [6, 6.07) is 1.58. The van der Waals surface area contributed by atoms with E-state index in [1.54, 1.807) is 0 Å². The molecule has 114 valence electrons. The number of nitrogens with two attached hydrogens (primary N) is 1. The third-order valence-corrected chi connectivity index (χ3v) is 4.46. The number of rotatable bonds is 5. The van der Waals surface area contributed by atoms with Gasteiger partial charge < -0.3 is 5.43 Å². The first-order chi connectivity index (χ1) is 9.09. The largest absolute Gasteiger partial charge is 0.402 e. The highest BCUT2D eigenvalue weighted by atomic mass is 32.2. The van der Waals surface area contributed by atoms with Crippen molar-refractivity contribution >= 4 is 15.8 Å². The van der Waals surface area contributed by atoms with Crippen molar-refractivity contribution in [2.45, 2.75) is 31.0 Å². The van der Waals surface area contributed by atoms with Gasteiger partial charge in [0.05, 0.1) is 0 Å². The number of hydrazine groups is 1. The van der Waals surface area contributed by atoms with Gasteiger partial charge in [0.1, 0.15) is 11.4 Å².